The average molecular weight is 360 g/mol. The predicted octanol–water partition coefficient (Wildman–Crippen LogP) is 3.19. The van der Waals surface area contributed by atoms with Gasteiger partial charge in [-0.1, -0.05) is 12.1 Å². The van der Waals surface area contributed by atoms with Crippen LogP contribution in [0.4, 0.5) is 16.2 Å². The predicted molar refractivity (Wildman–Crippen MR) is 97.1 cm³/mol. The molecule has 0 aliphatic carbocycles. The molecule has 0 unspecified atom stereocenters. The fraction of sp³-hybridized carbons (Fsp3) is 0.444. The van der Waals surface area contributed by atoms with Gasteiger partial charge in [0.1, 0.15) is 0 Å². The monoisotopic (exact) mass is 360 g/mol. The molecule has 26 heavy (non-hydrogen) atoms. The van der Waals surface area contributed by atoms with E-state index in [-0.39, 0.29) is 5.91 Å². The van der Waals surface area contributed by atoms with E-state index in [0.717, 1.165) is 6.42 Å². The van der Waals surface area contributed by atoms with Gasteiger partial charge in [-0.2, -0.15) is 4.98 Å². The molecule has 140 valence electrons. The van der Waals surface area contributed by atoms with Crippen molar-refractivity contribution < 1.29 is 18.8 Å². The van der Waals surface area contributed by atoms with Crippen LogP contribution >= 0.6 is 0 Å². The normalized spacial score (nSPS) is 10.4. The van der Waals surface area contributed by atoms with Crippen molar-refractivity contribution in [3.8, 4) is 0 Å². The molecule has 2 amide bonds. The Morgan fingerprint density at radius 2 is 1.96 bits per heavy atom. The maximum atomic E-state index is 12.0. The van der Waals surface area contributed by atoms with Crippen LogP contribution in [0.2, 0.25) is 0 Å². The maximum Gasteiger partial charge on any atom is 0.413 e. The summed E-state index contributed by atoms with van der Waals surface area (Å²) in [7, 11) is 1.63. The average Bonchev–Trinajstić information content (AvgIpc) is 3.10. The van der Waals surface area contributed by atoms with Gasteiger partial charge in [0.25, 0.3) is 0 Å². The van der Waals surface area contributed by atoms with Crippen LogP contribution in [0.5, 0.6) is 0 Å². The van der Waals surface area contributed by atoms with Crippen molar-refractivity contribution in [3.63, 3.8) is 0 Å². The summed E-state index contributed by atoms with van der Waals surface area (Å²) in [5, 5.41) is 6.65. The highest BCUT2D eigenvalue weighted by atomic mass is 16.6. The molecule has 0 aliphatic heterocycles. The third kappa shape index (κ3) is 5.58. The molecule has 0 fully saturated rings. The van der Waals surface area contributed by atoms with Crippen LogP contribution in [0, 0.1) is 0 Å². The van der Waals surface area contributed by atoms with Crippen LogP contribution in [0.1, 0.15) is 38.4 Å². The summed E-state index contributed by atoms with van der Waals surface area (Å²) in [6, 6.07) is 6.98. The molecule has 0 spiro atoms. The number of carbonyl (C=O) groups excluding carboxylic acids is 2. The summed E-state index contributed by atoms with van der Waals surface area (Å²) >= 11 is 0. The number of anilines is 2. The Morgan fingerprint density at radius 3 is 2.58 bits per heavy atom. The molecule has 2 aromatic rings. The van der Waals surface area contributed by atoms with Crippen LogP contribution in [-0.2, 0) is 22.4 Å². The molecule has 1 aromatic carbocycles. The molecule has 0 atom stereocenters. The number of benzene rings is 1. The first-order chi connectivity index (χ1) is 12.5. The van der Waals surface area contributed by atoms with Gasteiger partial charge in [0.05, 0.1) is 6.61 Å². The number of hydrogen-bond acceptors (Lipinski definition) is 6. The lowest BCUT2D eigenvalue weighted by Gasteiger charge is -2.16. The van der Waals surface area contributed by atoms with E-state index in [1.807, 2.05) is 6.92 Å². The van der Waals surface area contributed by atoms with Gasteiger partial charge in [-0.25, -0.2) is 4.79 Å². The van der Waals surface area contributed by atoms with Gasteiger partial charge in [0, 0.05) is 37.7 Å². The van der Waals surface area contributed by atoms with Gasteiger partial charge in [-0.15, -0.1) is 0 Å². The molecular weight excluding hydrogens is 336 g/mol. The van der Waals surface area contributed by atoms with Gasteiger partial charge in [0.2, 0.25) is 11.8 Å². The van der Waals surface area contributed by atoms with Gasteiger partial charge in [-0.05, 0) is 37.6 Å². The molecule has 0 saturated heterocycles. The van der Waals surface area contributed by atoms with Crippen molar-refractivity contribution >= 4 is 23.4 Å². The number of nitrogens with zero attached hydrogens (tertiary/aromatic N) is 3. The standard InChI is InChI=1S/C18H24N4O4/c1-4-15-20-17(26-21-15)8-6-7-16(23)19-13-9-11-14(12-10-13)22(3)18(24)25-5-2/h9-12H,4-8H2,1-3H3,(H,19,23). The first-order valence-corrected chi connectivity index (χ1v) is 8.65. The van der Waals surface area contributed by atoms with Crippen LogP contribution in [0.15, 0.2) is 28.8 Å². The summed E-state index contributed by atoms with van der Waals surface area (Å²) in [6.07, 6.45) is 1.86. The molecule has 1 heterocycles. The van der Waals surface area contributed by atoms with Crippen molar-refractivity contribution in [2.75, 3.05) is 23.9 Å². The third-order valence-corrected chi connectivity index (χ3v) is 3.70. The number of rotatable bonds is 8. The number of aryl methyl sites for hydroxylation is 2. The van der Waals surface area contributed by atoms with E-state index in [0.29, 0.717) is 49.0 Å². The van der Waals surface area contributed by atoms with E-state index in [9.17, 15) is 9.59 Å². The Morgan fingerprint density at radius 1 is 1.23 bits per heavy atom. The van der Waals surface area contributed by atoms with E-state index in [4.69, 9.17) is 9.26 Å². The van der Waals surface area contributed by atoms with Crippen molar-refractivity contribution in [3.05, 3.63) is 36.0 Å². The fourth-order valence-electron chi connectivity index (χ4n) is 2.25. The second kappa shape index (κ2) is 9.55. The summed E-state index contributed by atoms with van der Waals surface area (Å²) in [5.74, 6) is 1.14. The fourth-order valence-corrected chi connectivity index (χ4v) is 2.25. The van der Waals surface area contributed by atoms with Gasteiger partial charge < -0.3 is 14.6 Å². The minimum absolute atomic E-state index is 0.0910. The number of aromatic nitrogens is 2. The van der Waals surface area contributed by atoms with Gasteiger partial charge in [0.15, 0.2) is 5.82 Å². The molecule has 2 rings (SSSR count). The van der Waals surface area contributed by atoms with Gasteiger partial charge in [-0.3, -0.25) is 9.69 Å². The number of ether oxygens (including phenoxy) is 1. The van der Waals surface area contributed by atoms with E-state index in [1.165, 1.54) is 4.90 Å². The second-order valence-corrected chi connectivity index (χ2v) is 5.66. The van der Waals surface area contributed by atoms with Crippen LogP contribution in [0.3, 0.4) is 0 Å². The van der Waals surface area contributed by atoms with E-state index in [2.05, 4.69) is 15.5 Å². The number of carbonyl (C=O) groups is 2. The van der Waals surface area contributed by atoms with Crippen LogP contribution in [0.25, 0.3) is 0 Å². The van der Waals surface area contributed by atoms with E-state index >= 15 is 0 Å². The lowest BCUT2D eigenvalue weighted by atomic mass is 10.2. The Balaban J connectivity index is 1.78. The van der Waals surface area contributed by atoms with Gasteiger partial charge >= 0.3 is 6.09 Å². The minimum Gasteiger partial charge on any atom is -0.449 e. The topological polar surface area (TPSA) is 97.6 Å². The highest BCUT2D eigenvalue weighted by Gasteiger charge is 2.12. The largest absolute Gasteiger partial charge is 0.449 e. The molecular formula is C18H24N4O4. The lowest BCUT2D eigenvalue weighted by molar-refractivity contribution is -0.116. The first kappa shape index (κ1) is 19.4. The highest BCUT2D eigenvalue weighted by molar-refractivity contribution is 5.91. The molecule has 1 aromatic heterocycles. The summed E-state index contributed by atoms with van der Waals surface area (Å²) < 4.78 is 10.0. The highest BCUT2D eigenvalue weighted by Crippen LogP contribution is 2.18. The Hall–Kier alpha value is -2.90. The Bertz CT molecular complexity index is 727. The molecule has 0 aliphatic rings. The number of hydrogen-bond donors (Lipinski definition) is 1. The van der Waals surface area contributed by atoms with Crippen molar-refractivity contribution in [1.82, 2.24) is 10.1 Å². The van der Waals surface area contributed by atoms with Crippen molar-refractivity contribution in [1.29, 1.82) is 0 Å². The molecule has 8 nitrogen and oxygen atoms in total. The Kier molecular flexibility index (Phi) is 7.13. The van der Waals surface area contributed by atoms with Crippen LogP contribution < -0.4 is 10.2 Å². The molecule has 8 heteroatoms. The second-order valence-electron chi connectivity index (χ2n) is 5.66. The quantitative estimate of drug-likeness (QED) is 0.776. The lowest BCUT2D eigenvalue weighted by Crippen LogP contribution is -2.26. The van der Waals surface area contributed by atoms with E-state index in [1.54, 1.807) is 38.2 Å². The third-order valence-electron chi connectivity index (χ3n) is 3.70. The first-order valence-electron chi connectivity index (χ1n) is 8.65. The molecule has 0 saturated carbocycles. The maximum absolute atomic E-state index is 12.0. The van der Waals surface area contributed by atoms with E-state index < -0.39 is 6.09 Å². The molecule has 0 radical (unpaired) electrons. The zero-order valence-electron chi connectivity index (χ0n) is 15.3. The zero-order chi connectivity index (χ0) is 18.9. The minimum atomic E-state index is -0.420. The van der Waals surface area contributed by atoms with Crippen LogP contribution in [-0.4, -0.2) is 35.8 Å². The SMILES string of the molecule is CCOC(=O)N(C)c1ccc(NC(=O)CCCc2nc(CC)no2)cc1. The Labute approximate surface area is 152 Å². The number of nitrogens with one attached hydrogen (secondary N) is 1. The molecule has 1 N–H and O–H groups in total. The van der Waals surface area contributed by atoms with Crippen molar-refractivity contribution in [2.45, 2.75) is 39.5 Å². The summed E-state index contributed by atoms with van der Waals surface area (Å²) in [5.41, 5.74) is 1.35. The smallest absolute Gasteiger partial charge is 0.413 e. The zero-order valence-corrected chi connectivity index (χ0v) is 15.3. The van der Waals surface area contributed by atoms with Crippen molar-refractivity contribution in [2.24, 2.45) is 0 Å². The molecule has 0 bridgehead atoms. The summed E-state index contributed by atoms with van der Waals surface area (Å²) in [6.45, 7) is 4.03. The summed E-state index contributed by atoms with van der Waals surface area (Å²) in [4.78, 5) is 29.3. The number of amides is 2.